The van der Waals surface area contributed by atoms with Gasteiger partial charge in [0, 0.05) is 6.54 Å². The van der Waals surface area contributed by atoms with Gasteiger partial charge in [0.1, 0.15) is 17.4 Å². The summed E-state index contributed by atoms with van der Waals surface area (Å²) in [4.78, 5) is 25.4. The molecule has 2 rings (SSSR count). The summed E-state index contributed by atoms with van der Waals surface area (Å²) in [6.07, 6.45) is 0.440. The SMILES string of the molecule is CCCCn1c(O)c(C(=O)C(C)Oc2ccccc2Cl)c(C)c(C#N)c1=O. The molecule has 0 saturated carbocycles. The van der Waals surface area contributed by atoms with Crippen molar-refractivity contribution in [2.75, 3.05) is 0 Å². The van der Waals surface area contributed by atoms with E-state index < -0.39 is 23.3 Å². The van der Waals surface area contributed by atoms with E-state index in [1.807, 2.05) is 13.0 Å². The highest BCUT2D eigenvalue weighted by molar-refractivity contribution is 6.32. The molecule has 0 aliphatic rings. The van der Waals surface area contributed by atoms with Crippen LogP contribution >= 0.6 is 11.6 Å². The third-order valence-corrected chi connectivity index (χ3v) is 4.60. The second-order valence-electron chi connectivity index (χ2n) is 6.18. The van der Waals surface area contributed by atoms with Gasteiger partial charge in [-0.25, -0.2) is 0 Å². The largest absolute Gasteiger partial charge is 0.494 e. The first kappa shape index (κ1) is 20.5. The monoisotopic (exact) mass is 388 g/mol. The summed E-state index contributed by atoms with van der Waals surface area (Å²) in [6.45, 7) is 5.15. The number of unbranched alkanes of at least 4 members (excludes halogenated alkanes) is 1. The number of nitriles is 1. The molecule has 0 aliphatic heterocycles. The highest BCUT2D eigenvalue weighted by Gasteiger charge is 2.28. The first-order valence-corrected chi connectivity index (χ1v) is 9.03. The van der Waals surface area contributed by atoms with Gasteiger partial charge in [0.05, 0.1) is 10.6 Å². The number of nitrogens with zero attached hydrogens (tertiary/aromatic N) is 2. The molecule has 0 aliphatic carbocycles. The van der Waals surface area contributed by atoms with Crippen LogP contribution in [0.5, 0.6) is 11.6 Å². The molecule has 1 N–H and O–H groups in total. The van der Waals surface area contributed by atoms with Crippen molar-refractivity contribution in [3.63, 3.8) is 0 Å². The third-order valence-electron chi connectivity index (χ3n) is 4.29. The minimum absolute atomic E-state index is 0.0817. The van der Waals surface area contributed by atoms with Gasteiger partial charge in [0.15, 0.2) is 6.10 Å². The standard InChI is InChI=1S/C20H21ClN2O4/c1-4-5-10-23-19(25)14(11-22)12(2)17(20(23)26)18(24)13(3)27-16-9-7-6-8-15(16)21/h6-9,13,26H,4-5,10H2,1-3H3. The molecule has 1 aromatic heterocycles. The van der Waals surface area contributed by atoms with Crippen LogP contribution in [0.15, 0.2) is 29.1 Å². The van der Waals surface area contributed by atoms with Crippen molar-refractivity contribution in [3.8, 4) is 17.7 Å². The second-order valence-corrected chi connectivity index (χ2v) is 6.58. The van der Waals surface area contributed by atoms with Gasteiger partial charge in [-0.3, -0.25) is 14.2 Å². The number of aromatic hydroxyl groups is 1. The third kappa shape index (κ3) is 4.15. The number of para-hydroxylation sites is 1. The first-order chi connectivity index (χ1) is 12.8. The van der Waals surface area contributed by atoms with Crippen LogP contribution in [0.2, 0.25) is 5.02 Å². The van der Waals surface area contributed by atoms with Gasteiger partial charge in [0.2, 0.25) is 11.7 Å². The maximum Gasteiger partial charge on any atom is 0.271 e. The normalized spacial score (nSPS) is 11.7. The smallest absolute Gasteiger partial charge is 0.271 e. The summed E-state index contributed by atoms with van der Waals surface area (Å²) in [5.41, 5.74) is -0.691. The van der Waals surface area contributed by atoms with Crippen molar-refractivity contribution in [2.24, 2.45) is 0 Å². The Morgan fingerprint density at radius 1 is 1.41 bits per heavy atom. The van der Waals surface area contributed by atoms with E-state index in [4.69, 9.17) is 16.3 Å². The van der Waals surface area contributed by atoms with Gasteiger partial charge in [0.25, 0.3) is 5.56 Å². The van der Waals surface area contributed by atoms with Crippen LogP contribution in [0, 0.1) is 18.3 Å². The van der Waals surface area contributed by atoms with Gasteiger partial charge in [-0.2, -0.15) is 5.26 Å². The van der Waals surface area contributed by atoms with Crippen molar-refractivity contribution < 1.29 is 14.6 Å². The molecule has 0 amide bonds. The van der Waals surface area contributed by atoms with Gasteiger partial charge < -0.3 is 9.84 Å². The number of ketones is 1. The molecule has 1 unspecified atom stereocenters. The number of hydrogen-bond donors (Lipinski definition) is 1. The van der Waals surface area contributed by atoms with Crippen LogP contribution in [0.4, 0.5) is 0 Å². The lowest BCUT2D eigenvalue weighted by molar-refractivity contribution is 0.0812. The van der Waals surface area contributed by atoms with E-state index in [1.165, 1.54) is 13.8 Å². The van der Waals surface area contributed by atoms with E-state index in [1.54, 1.807) is 24.3 Å². The van der Waals surface area contributed by atoms with Crippen LogP contribution in [0.3, 0.4) is 0 Å². The van der Waals surface area contributed by atoms with Crippen molar-refractivity contribution >= 4 is 17.4 Å². The van der Waals surface area contributed by atoms with Crippen molar-refractivity contribution in [2.45, 2.75) is 46.3 Å². The first-order valence-electron chi connectivity index (χ1n) is 8.65. The average molecular weight is 389 g/mol. The zero-order chi connectivity index (χ0) is 20.1. The second kappa shape index (κ2) is 8.74. The summed E-state index contributed by atoms with van der Waals surface area (Å²) < 4.78 is 6.71. The Morgan fingerprint density at radius 2 is 2.07 bits per heavy atom. The fourth-order valence-corrected chi connectivity index (χ4v) is 2.94. The topological polar surface area (TPSA) is 92.3 Å². The summed E-state index contributed by atoms with van der Waals surface area (Å²) in [5.74, 6) is -0.645. The molecule has 0 bridgehead atoms. The van der Waals surface area contributed by atoms with Crippen molar-refractivity contribution in [3.05, 3.63) is 56.3 Å². The van der Waals surface area contributed by atoms with Crippen LogP contribution in [0.1, 0.15) is 48.2 Å². The number of ether oxygens (including phenoxy) is 1. The molecule has 142 valence electrons. The van der Waals surface area contributed by atoms with E-state index in [2.05, 4.69) is 0 Å². The van der Waals surface area contributed by atoms with Crippen molar-refractivity contribution in [1.29, 1.82) is 5.26 Å². The molecule has 0 radical (unpaired) electrons. The molecule has 2 aromatic rings. The van der Waals surface area contributed by atoms with Crippen LogP contribution < -0.4 is 10.3 Å². The predicted octanol–water partition coefficient (Wildman–Crippen LogP) is 3.84. The fraction of sp³-hybridized carbons (Fsp3) is 0.350. The van der Waals surface area contributed by atoms with E-state index in [9.17, 15) is 20.0 Å². The Balaban J connectivity index is 2.50. The lowest BCUT2D eigenvalue weighted by Gasteiger charge is -2.19. The number of carbonyl (C=O) groups is 1. The van der Waals surface area contributed by atoms with E-state index in [0.717, 1.165) is 11.0 Å². The molecule has 1 aromatic carbocycles. The highest BCUT2D eigenvalue weighted by Crippen LogP contribution is 2.28. The molecule has 0 spiro atoms. The summed E-state index contributed by atoms with van der Waals surface area (Å²) in [7, 11) is 0. The van der Waals surface area contributed by atoms with Gasteiger partial charge in [-0.15, -0.1) is 0 Å². The molecule has 1 atom stereocenters. The van der Waals surface area contributed by atoms with Crippen LogP contribution in [0.25, 0.3) is 0 Å². The maximum absolute atomic E-state index is 13.0. The molecular formula is C20H21ClN2O4. The highest BCUT2D eigenvalue weighted by atomic mass is 35.5. The lowest BCUT2D eigenvalue weighted by atomic mass is 9.99. The Labute approximate surface area is 162 Å². The van der Waals surface area contributed by atoms with Gasteiger partial charge in [-0.1, -0.05) is 37.1 Å². The molecule has 0 fully saturated rings. The van der Waals surface area contributed by atoms with E-state index in [-0.39, 0.29) is 23.2 Å². The number of hydrogen-bond acceptors (Lipinski definition) is 5. The zero-order valence-electron chi connectivity index (χ0n) is 15.5. The average Bonchev–Trinajstić information content (AvgIpc) is 2.63. The Kier molecular flexibility index (Phi) is 6.65. The number of carbonyl (C=O) groups excluding carboxylic acids is 1. The molecule has 27 heavy (non-hydrogen) atoms. The number of aromatic nitrogens is 1. The molecule has 1 heterocycles. The predicted molar refractivity (Wildman–Crippen MR) is 103 cm³/mol. The number of Topliss-reactive ketones (excluding diaryl/α,β-unsaturated/α-hetero) is 1. The quantitative estimate of drug-likeness (QED) is 0.727. The maximum atomic E-state index is 13.0. The lowest BCUT2D eigenvalue weighted by Crippen LogP contribution is -2.31. The molecule has 7 heteroatoms. The Hall–Kier alpha value is -2.78. The summed E-state index contributed by atoms with van der Waals surface area (Å²) in [6, 6.07) is 8.56. The Morgan fingerprint density at radius 3 is 2.67 bits per heavy atom. The van der Waals surface area contributed by atoms with E-state index in [0.29, 0.717) is 17.2 Å². The summed E-state index contributed by atoms with van der Waals surface area (Å²) in [5, 5.41) is 20.3. The number of rotatable bonds is 7. The number of pyridine rings is 1. The molecule has 6 nitrogen and oxygen atoms in total. The van der Waals surface area contributed by atoms with Crippen LogP contribution in [-0.4, -0.2) is 21.6 Å². The van der Waals surface area contributed by atoms with E-state index >= 15 is 0 Å². The fourth-order valence-electron chi connectivity index (χ4n) is 2.76. The summed E-state index contributed by atoms with van der Waals surface area (Å²) >= 11 is 6.06. The van der Waals surface area contributed by atoms with Gasteiger partial charge >= 0.3 is 0 Å². The minimum atomic E-state index is -0.974. The van der Waals surface area contributed by atoms with Crippen molar-refractivity contribution in [1.82, 2.24) is 4.57 Å². The molecular weight excluding hydrogens is 368 g/mol. The number of benzene rings is 1. The van der Waals surface area contributed by atoms with Gasteiger partial charge in [-0.05, 0) is 38.0 Å². The number of halogens is 1. The van der Waals surface area contributed by atoms with Crippen LogP contribution in [-0.2, 0) is 6.54 Å². The molecule has 0 saturated heterocycles. The zero-order valence-corrected chi connectivity index (χ0v) is 16.2. The Bertz CT molecular complexity index is 960. The minimum Gasteiger partial charge on any atom is -0.494 e.